The van der Waals surface area contributed by atoms with Gasteiger partial charge in [-0.1, -0.05) is 67.6 Å². The molecule has 0 aromatic heterocycles. The summed E-state index contributed by atoms with van der Waals surface area (Å²) in [6.45, 7) is 1.14. The number of halogens is 3. The second-order valence-corrected chi connectivity index (χ2v) is 12.9. The monoisotopic (exact) mass is 678 g/mol. The van der Waals surface area contributed by atoms with Crippen LogP contribution in [0.5, 0.6) is 0 Å². The molecule has 5 N–H and O–H groups in total. The topological polar surface area (TPSA) is 151 Å². The van der Waals surface area contributed by atoms with Gasteiger partial charge in [0.15, 0.2) is 0 Å². The van der Waals surface area contributed by atoms with Crippen molar-refractivity contribution in [3.63, 3.8) is 0 Å². The largest absolute Gasteiger partial charge is 0.453 e. The van der Waals surface area contributed by atoms with E-state index in [-0.39, 0.29) is 24.3 Å². The smallest absolute Gasteiger partial charge is 0.408 e. The fraction of sp³-hybridized carbons (Fsp3) is 0.394. The van der Waals surface area contributed by atoms with Gasteiger partial charge in [-0.2, -0.15) is 17.5 Å². The molecule has 3 aromatic carbocycles. The summed E-state index contributed by atoms with van der Waals surface area (Å²) in [5.41, 5.74) is 7.18. The summed E-state index contributed by atoms with van der Waals surface area (Å²) in [6.07, 6.45) is -6.41. The van der Waals surface area contributed by atoms with E-state index in [1.807, 2.05) is 0 Å². The van der Waals surface area contributed by atoms with Gasteiger partial charge in [0.25, 0.3) is 0 Å². The fourth-order valence-electron chi connectivity index (χ4n) is 5.34. The molecular weight excluding hydrogens is 637 g/mol. The molecule has 0 radical (unpaired) electrons. The van der Waals surface area contributed by atoms with Gasteiger partial charge in [-0.05, 0) is 61.1 Å². The van der Waals surface area contributed by atoms with E-state index in [0.717, 1.165) is 11.4 Å². The van der Waals surface area contributed by atoms with Crippen LogP contribution in [0.2, 0.25) is 0 Å². The summed E-state index contributed by atoms with van der Waals surface area (Å²) >= 11 is 0. The number of aliphatic hydroxyl groups excluding tert-OH is 1. The number of alkyl halides is 3. The Bertz CT molecular complexity index is 1490. The van der Waals surface area contributed by atoms with Crippen molar-refractivity contribution in [3.8, 4) is 0 Å². The highest BCUT2D eigenvalue weighted by Crippen LogP contribution is 2.31. The number of methoxy groups -OCH3 is 1. The van der Waals surface area contributed by atoms with Crippen LogP contribution in [-0.4, -0.2) is 74.4 Å². The third kappa shape index (κ3) is 10.2. The van der Waals surface area contributed by atoms with Crippen molar-refractivity contribution < 1.29 is 41.0 Å². The zero-order chi connectivity index (χ0) is 34.6. The lowest BCUT2D eigenvalue weighted by atomic mass is 9.84. The Labute approximate surface area is 273 Å². The van der Waals surface area contributed by atoms with Crippen LogP contribution in [0, 0.1) is 0 Å². The summed E-state index contributed by atoms with van der Waals surface area (Å²) in [4.78, 5) is 26.0. The summed E-state index contributed by atoms with van der Waals surface area (Å²) in [7, 11) is -3.02. The summed E-state index contributed by atoms with van der Waals surface area (Å²) in [6, 6.07) is 17.8. The van der Waals surface area contributed by atoms with Crippen LogP contribution in [0.4, 0.5) is 23.7 Å². The van der Waals surface area contributed by atoms with Crippen molar-refractivity contribution in [2.75, 3.05) is 26.0 Å². The Balaban J connectivity index is 1.85. The predicted octanol–water partition coefficient (Wildman–Crippen LogP) is 4.80. The fourth-order valence-corrected chi connectivity index (χ4v) is 7.08. The van der Waals surface area contributed by atoms with Gasteiger partial charge in [-0.15, -0.1) is 0 Å². The average Bonchev–Trinajstić information content (AvgIpc) is 3.05. The van der Waals surface area contributed by atoms with Crippen LogP contribution in [0.15, 0.2) is 89.8 Å². The number of alkyl carbamates (subject to hydrolysis) is 1. The van der Waals surface area contributed by atoms with Gasteiger partial charge in [0.2, 0.25) is 15.9 Å². The molecule has 0 saturated heterocycles. The number of anilines is 1. The van der Waals surface area contributed by atoms with Crippen LogP contribution in [0.3, 0.4) is 0 Å². The van der Waals surface area contributed by atoms with Gasteiger partial charge in [0, 0.05) is 24.2 Å². The highest BCUT2D eigenvalue weighted by molar-refractivity contribution is 7.89. The minimum Gasteiger partial charge on any atom is -0.453 e. The number of amides is 2. The van der Waals surface area contributed by atoms with Gasteiger partial charge in [-0.3, -0.25) is 4.79 Å². The molecule has 3 atom stereocenters. The van der Waals surface area contributed by atoms with Gasteiger partial charge in [0.05, 0.1) is 18.6 Å². The predicted molar refractivity (Wildman–Crippen MR) is 172 cm³/mol. The Morgan fingerprint density at radius 2 is 1.47 bits per heavy atom. The summed E-state index contributed by atoms with van der Waals surface area (Å²) < 4.78 is 75.7. The number of benzene rings is 3. The minimum atomic E-state index is -4.88. The minimum absolute atomic E-state index is 0.0264. The number of rotatable bonds is 16. The molecule has 0 saturated carbocycles. The van der Waals surface area contributed by atoms with Crippen LogP contribution in [-0.2, 0) is 19.6 Å². The number of hydrogen-bond donors (Lipinski definition) is 4. The van der Waals surface area contributed by atoms with Crippen molar-refractivity contribution in [3.05, 3.63) is 96.1 Å². The summed E-state index contributed by atoms with van der Waals surface area (Å²) in [5, 5.41) is 14.6. The van der Waals surface area contributed by atoms with Crippen LogP contribution >= 0.6 is 0 Å². The normalized spacial score (nSPS) is 14.0. The number of nitrogens with one attached hydrogen (secondary N) is 2. The molecule has 0 spiro atoms. The molecular formula is C33H41F3N4O6S. The molecule has 256 valence electrons. The van der Waals surface area contributed by atoms with E-state index in [1.165, 1.54) is 24.3 Å². The first-order valence-corrected chi connectivity index (χ1v) is 16.6. The number of nitrogens with two attached hydrogens (primary N) is 1. The zero-order valence-corrected chi connectivity index (χ0v) is 27.0. The number of ether oxygens (including phenoxy) is 1. The summed E-state index contributed by atoms with van der Waals surface area (Å²) in [5.74, 6) is -1.96. The standard InChI is InChI=1S/C33H41F3N4O6S/c1-3-21-40(47(44,45)27-19-17-25(37)18-20-27)26(22-41)15-10-16-28(33(34,35)36)38-31(42)30(39-32(43)46-2)29(23-11-6-4-7-12-23)24-13-8-5-9-14-24/h4-9,11-14,17-20,26,28-30,41H,3,10,15-16,21-22,37H2,1-2H3,(H,38,42)(H,39,43)/t26-,28+,30-/m0/s1. The first-order chi connectivity index (χ1) is 22.3. The lowest BCUT2D eigenvalue weighted by molar-refractivity contribution is -0.164. The van der Waals surface area contributed by atoms with E-state index in [2.05, 4.69) is 10.6 Å². The first kappa shape index (κ1) is 37.3. The maximum Gasteiger partial charge on any atom is 0.408 e. The van der Waals surface area contributed by atoms with E-state index < -0.39 is 65.3 Å². The Morgan fingerprint density at radius 1 is 0.915 bits per heavy atom. The van der Waals surface area contributed by atoms with Gasteiger partial charge < -0.3 is 26.2 Å². The van der Waals surface area contributed by atoms with Crippen molar-refractivity contribution >= 4 is 27.7 Å². The second-order valence-electron chi connectivity index (χ2n) is 11.0. The quantitative estimate of drug-likeness (QED) is 0.159. The number of aliphatic hydroxyl groups is 1. The average molecular weight is 679 g/mol. The highest BCUT2D eigenvalue weighted by atomic mass is 32.2. The number of hydrogen-bond acceptors (Lipinski definition) is 7. The van der Waals surface area contributed by atoms with Crippen LogP contribution < -0.4 is 16.4 Å². The lowest BCUT2D eigenvalue weighted by Gasteiger charge is -2.31. The van der Waals surface area contributed by atoms with Crippen molar-refractivity contribution in [1.82, 2.24) is 14.9 Å². The molecule has 3 aromatic rings. The van der Waals surface area contributed by atoms with Gasteiger partial charge in [-0.25, -0.2) is 13.2 Å². The third-order valence-electron chi connectivity index (χ3n) is 7.68. The molecule has 0 aliphatic rings. The molecule has 47 heavy (non-hydrogen) atoms. The Kier molecular flexibility index (Phi) is 13.6. The van der Waals surface area contributed by atoms with Crippen LogP contribution in [0.25, 0.3) is 0 Å². The van der Waals surface area contributed by atoms with Crippen LogP contribution in [0.1, 0.15) is 49.7 Å². The SMILES string of the molecule is CCCN([C@H](CO)CCC[C@@H](NC(=O)[C@@H](NC(=O)OC)C(c1ccccc1)c1ccccc1)C(F)(F)F)S(=O)(=O)c1ccc(N)cc1. The van der Waals surface area contributed by atoms with Crippen molar-refractivity contribution in [1.29, 1.82) is 0 Å². The molecule has 0 aliphatic heterocycles. The maximum absolute atomic E-state index is 14.4. The molecule has 0 heterocycles. The molecule has 3 rings (SSSR count). The number of sulfonamides is 1. The molecule has 10 nitrogen and oxygen atoms in total. The van der Waals surface area contributed by atoms with Crippen molar-refractivity contribution in [2.24, 2.45) is 0 Å². The molecule has 2 amide bonds. The molecule has 0 bridgehead atoms. The highest BCUT2D eigenvalue weighted by Gasteiger charge is 2.43. The molecule has 0 unspecified atom stereocenters. The maximum atomic E-state index is 14.4. The Hall–Kier alpha value is -4.14. The van der Waals surface area contributed by atoms with E-state index in [4.69, 9.17) is 10.5 Å². The molecule has 0 aliphatic carbocycles. The third-order valence-corrected chi connectivity index (χ3v) is 9.65. The number of nitrogens with zero attached hydrogens (tertiary/aromatic N) is 1. The van der Waals surface area contributed by atoms with E-state index in [1.54, 1.807) is 67.6 Å². The zero-order valence-electron chi connectivity index (χ0n) is 26.2. The second kappa shape index (κ2) is 17.1. The molecule has 0 fully saturated rings. The number of carbonyl (C=O) groups excluding carboxylic acids is 2. The van der Waals surface area contributed by atoms with E-state index >= 15 is 0 Å². The van der Waals surface area contributed by atoms with Gasteiger partial charge >= 0.3 is 12.3 Å². The number of carbonyl (C=O) groups is 2. The Morgan fingerprint density at radius 3 is 1.94 bits per heavy atom. The van der Waals surface area contributed by atoms with E-state index in [0.29, 0.717) is 23.2 Å². The number of nitrogen functional groups attached to an aromatic ring is 1. The van der Waals surface area contributed by atoms with E-state index in [9.17, 15) is 36.3 Å². The van der Waals surface area contributed by atoms with Gasteiger partial charge in [0.1, 0.15) is 12.1 Å². The lowest BCUT2D eigenvalue weighted by Crippen LogP contribution is -2.55. The van der Waals surface area contributed by atoms with Crippen molar-refractivity contribution in [2.45, 2.75) is 67.7 Å². The first-order valence-electron chi connectivity index (χ1n) is 15.1. The molecule has 14 heteroatoms.